The summed E-state index contributed by atoms with van der Waals surface area (Å²) in [6.07, 6.45) is 5.09. The van der Waals surface area contributed by atoms with Gasteiger partial charge in [-0.15, -0.1) is 0 Å². The minimum absolute atomic E-state index is 0.00382. The van der Waals surface area contributed by atoms with Crippen molar-refractivity contribution in [1.82, 2.24) is 24.4 Å². The highest BCUT2D eigenvalue weighted by atomic mass is 16.3. The predicted molar refractivity (Wildman–Crippen MR) is 129 cm³/mol. The van der Waals surface area contributed by atoms with E-state index in [0.29, 0.717) is 23.6 Å². The van der Waals surface area contributed by atoms with Gasteiger partial charge < -0.3 is 13.9 Å². The van der Waals surface area contributed by atoms with Gasteiger partial charge in [0.15, 0.2) is 5.76 Å². The van der Waals surface area contributed by atoms with E-state index in [4.69, 9.17) is 4.42 Å². The SMILES string of the molecule is Cc1ccc(-c2nc(NC(=O)N(C)Cc3ccccn3)ncc2-c2ccc(=O)n(C(C)C)c2)o1. The number of aromatic nitrogens is 4. The van der Waals surface area contributed by atoms with Crippen molar-refractivity contribution in [3.63, 3.8) is 0 Å². The van der Waals surface area contributed by atoms with E-state index in [1.807, 2.05) is 51.1 Å². The van der Waals surface area contributed by atoms with Crippen LogP contribution < -0.4 is 10.9 Å². The number of aryl methyl sites for hydroxylation is 1. The fraction of sp³-hybridized carbons (Fsp3) is 0.240. The lowest BCUT2D eigenvalue weighted by Crippen LogP contribution is -2.31. The van der Waals surface area contributed by atoms with Crippen LogP contribution in [0.25, 0.3) is 22.6 Å². The van der Waals surface area contributed by atoms with Crippen molar-refractivity contribution in [1.29, 1.82) is 0 Å². The van der Waals surface area contributed by atoms with E-state index in [-0.39, 0.29) is 23.6 Å². The van der Waals surface area contributed by atoms with E-state index in [9.17, 15) is 9.59 Å². The third kappa shape index (κ3) is 5.03. The van der Waals surface area contributed by atoms with Gasteiger partial charge in [0.25, 0.3) is 5.56 Å². The molecule has 9 nitrogen and oxygen atoms in total. The Morgan fingerprint density at radius 3 is 2.65 bits per heavy atom. The highest BCUT2D eigenvalue weighted by Crippen LogP contribution is 2.31. The molecule has 0 saturated carbocycles. The number of nitrogens with one attached hydrogen (secondary N) is 1. The second kappa shape index (κ2) is 9.70. The van der Waals surface area contributed by atoms with E-state index in [2.05, 4.69) is 20.3 Å². The van der Waals surface area contributed by atoms with Crippen molar-refractivity contribution in [2.24, 2.45) is 0 Å². The van der Waals surface area contributed by atoms with E-state index < -0.39 is 0 Å². The first-order chi connectivity index (χ1) is 16.3. The molecule has 1 N–H and O–H groups in total. The number of hydrogen-bond acceptors (Lipinski definition) is 6. The summed E-state index contributed by atoms with van der Waals surface area (Å²) in [5, 5.41) is 2.74. The molecule has 0 radical (unpaired) electrons. The van der Waals surface area contributed by atoms with Gasteiger partial charge in [-0.3, -0.25) is 15.1 Å². The zero-order valence-corrected chi connectivity index (χ0v) is 19.5. The summed E-state index contributed by atoms with van der Waals surface area (Å²) in [5.41, 5.74) is 2.64. The molecule has 0 aliphatic carbocycles. The third-order valence-electron chi connectivity index (χ3n) is 5.26. The molecule has 0 saturated heterocycles. The summed E-state index contributed by atoms with van der Waals surface area (Å²) < 4.78 is 7.48. The molecule has 9 heteroatoms. The Bertz CT molecular complexity index is 1360. The Balaban J connectivity index is 1.67. The Morgan fingerprint density at radius 1 is 1.15 bits per heavy atom. The topological polar surface area (TPSA) is 106 Å². The molecule has 0 spiro atoms. The van der Waals surface area contributed by atoms with E-state index in [0.717, 1.165) is 17.0 Å². The largest absolute Gasteiger partial charge is 0.460 e. The molecule has 0 bridgehead atoms. The second-order valence-corrected chi connectivity index (χ2v) is 8.23. The summed E-state index contributed by atoms with van der Waals surface area (Å²) in [7, 11) is 1.67. The van der Waals surface area contributed by atoms with Crippen LogP contribution in [0.3, 0.4) is 0 Å². The van der Waals surface area contributed by atoms with Crippen molar-refractivity contribution in [3.8, 4) is 22.6 Å². The summed E-state index contributed by atoms with van der Waals surface area (Å²) in [5.74, 6) is 1.41. The molecule has 34 heavy (non-hydrogen) atoms. The van der Waals surface area contributed by atoms with Crippen LogP contribution in [0.15, 0.2) is 70.3 Å². The number of hydrogen-bond donors (Lipinski definition) is 1. The Hall–Kier alpha value is -4.27. The number of furan rings is 1. The van der Waals surface area contributed by atoms with Crippen LogP contribution in [0.1, 0.15) is 31.3 Å². The van der Waals surface area contributed by atoms with Gasteiger partial charge in [0.1, 0.15) is 11.5 Å². The number of amides is 2. The van der Waals surface area contributed by atoms with Crippen LogP contribution in [-0.2, 0) is 6.54 Å². The maximum absolute atomic E-state index is 12.7. The molecule has 2 amide bonds. The summed E-state index contributed by atoms with van der Waals surface area (Å²) in [6, 6.07) is 12.1. The van der Waals surface area contributed by atoms with Gasteiger partial charge in [-0.1, -0.05) is 6.07 Å². The molecule has 4 heterocycles. The lowest BCUT2D eigenvalue weighted by Gasteiger charge is -2.17. The van der Waals surface area contributed by atoms with E-state index in [1.54, 1.807) is 36.3 Å². The fourth-order valence-electron chi connectivity index (χ4n) is 3.47. The Morgan fingerprint density at radius 2 is 1.97 bits per heavy atom. The Labute approximate surface area is 197 Å². The number of urea groups is 1. The quantitative estimate of drug-likeness (QED) is 0.456. The predicted octanol–water partition coefficient (Wildman–Crippen LogP) is 4.51. The van der Waals surface area contributed by atoms with Crippen LogP contribution in [0, 0.1) is 6.92 Å². The van der Waals surface area contributed by atoms with Gasteiger partial charge in [0.05, 0.1) is 12.2 Å². The monoisotopic (exact) mass is 458 g/mol. The smallest absolute Gasteiger partial charge is 0.324 e. The Kier molecular flexibility index (Phi) is 6.53. The summed E-state index contributed by atoms with van der Waals surface area (Å²) >= 11 is 0. The fourth-order valence-corrected chi connectivity index (χ4v) is 3.47. The zero-order valence-electron chi connectivity index (χ0n) is 19.5. The molecular weight excluding hydrogens is 432 g/mol. The van der Waals surface area contributed by atoms with Crippen LogP contribution in [0.5, 0.6) is 0 Å². The van der Waals surface area contributed by atoms with Gasteiger partial charge >= 0.3 is 6.03 Å². The molecule has 0 fully saturated rings. The molecule has 0 aliphatic heterocycles. The van der Waals surface area contributed by atoms with Crippen molar-refractivity contribution in [3.05, 3.63) is 82.9 Å². The van der Waals surface area contributed by atoms with Gasteiger partial charge in [0.2, 0.25) is 5.95 Å². The molecule has 0 atom stereocenters. The van der Waals surface area contributed by atoms with Crippen LogP contribution in [0.2, 0.25) is 0 Å². The molecule has 4 aromatic heterocycles. The average Bonchev–Trinajstić information content (AvgIpc) is 3.26. The van der Waals surface area contributed by atoms with E-state index >= 15 is 0 Å². The van der Waals surface area contributed by atoms with Crippen molar-refractivity contribution in [2.45, 2.75) is 33.4 Å². The first kappa shape index (κ1) is 22.9. The highest BCUT2D eigenvalue weighted by molar-refractivity contribution is 5.88. The van der Waals surface area contributed by atoms with Gasteiger partial charge in [0, 0.05) is 48.9 Å². The molecule has 0 unspecified atom stereocenters. The first-order valence-electron chi connectivity index (χ1n) is 10.9. The molecule has 0 aliphatic rings. The van der Waals surface area contributed by atoms with Crippen molar-refractivity contribution in [2.75, 3.05) is 12.4 Å². The summed E-state index contributed by atoms with van der Waals surface area (Å²) in [6.45, 7) is 6.07. The number of rotatable bonds is 6. The number of pyridine rings is 2. The third-order valence-corrected chi connectivity index (χ3v) is 5.26. The lowest BCUT2D eigenvalue weighted by molar-refractivity contribution is 0.220. The molecule has 4 aromatic rings. The highest BCUT2D eigenvalue weighted by Gasteiger charge is 2.18. The van der Waals surface area contributed by atoms with Crippen molar-refractivity contribution >= 4 is 12.0 Å². The van der Waals surface area contributed by atoms with Gasteiger partial charge in [-0.25, -0.2) is 14.8 Å². The van der Waals surface area contributed by atoms with E-state index in [1.165, 1.54) is 11.0 Å². The van der Waals surface area contributed by atoms with Gasteiger partial charge in [-0.2, -0.15) is 0 Å². The van der Waals surface area contributed by atoms with Crippen LogP contribution >= 0.6 is 0 Å². The lowest BCUT2D eigenvalue weighted by atomic mass is 10.1. The molecular formula is C25H26N6O3. The first-order valence-corrected chi connectivity index (χ1v) is 10.9. The van der Waals surface area contributed by atoms with Gasteiger partial charge in [-0.05, 0) is 51.1 Å². The standard InChI is InChI=1S/C25H26N6O3/c1-16(2)31-14-18(9-11-22(31)32)20-13-27-24(28-23(20)21-10-8-17(3)34-21)29-25(33)30(4)15-19-7-5-6-12-26-19/h5-14,16H,15H2,1-4H3,(H,27,28,29,33). The number of anilines is 1. The summed E-state index contributed by atoms with van der Waals surface area (Å²) in [4.78, 5) is 39.6. The normalized spacial score (nSPS) is 11.0. The molecule has 0 aromatic carbocycles. The minimum atomic E-state index is -0.367. The van der Waals surface area contributed by atoms with Crippen molar-refractivity contribution < 1.29 is 9.21 Å². The maximum Gasteiger partial charge on any atom is 0.324 e. The number of nitrogens with zero attached hydrogens (tertiary/aromatic N) is 5. The molecule has 4 rings (SSSR count). The number of carbonyl (C=O) groups is 1. The average molecular weight is 459 g/mol. The van der Waals surface area contributed by atoms with Crippen LogP contribution in [0.4, 0.5) is 10.7 Å². The minimum Gasteiger partial charge on any atom is -0.460 e. The van der Waals surface area contributed by atoms with Crippen LogP contribution in [-0.4, -0.2) is 37.5 Å². The maximum atomic E-state index is 12.7. The number of carbonyl (C=O) groups excluding carboxylic acids is 1. The zero-order chi connectivity index (χ0) is 24.2. The molecule has 174 valence electrons. The second-order valence-electron chi connectivity index (χ2n) is 8.23.